The standard InChI is InChI=1S/C16H15ClO2/c1-2-15(18)19-16(12-6-4-3-5-7-12)13-8-10-14(17)11-9-13/h3-11,16H,2H2,1H3. The molecule has 1 atom stereocenters. The van der Waals surface area contributed by atoms with Gasteiger partial charge in [0.1, 0.15) is 0 Å². The second-order valence-corrected chi connectivity index (χ2v) is 4.62. The van der Waals surface area contributed by atoms with Crippen LogP contribution in [0.25, 0.3) is 0 Å². The molecule has 98 valence electrons. The number of carbonyl (C=O) groups excluding carboxylic acids is 1. The predicted molar refractivity (Wildman–Crippen MR) is 76.1 cm³/mol. The van der Waals surface area contributed by atoms with Gasteiger partial charge in [0.15, 0.2) is 6.10 Å². The van der Waals surface area contributed by atoms with E-state index in [0.29, 0.717) is 11.4 Å². The summed E-state index contributed by atoms with van der Waals surface area (Å²) in [6.07, 6.45) is -0.0254. The predicted octanol–water partition coefficient (Wildman–Crippen LogP) is 4.38. The van der Waals surface area contributed by atoms with Crippen molar-refractivity contribution >= 4 is 17.6 Å². The van der Waals surface area contributed by atoms with Crippen molar-refractivity contribution in [2.24, 2.45) is 0 Å². The van der Waals surface area contributed by atoms with Crippen molar-refractivity contribution < 1.29 is 9.53 Å². The highest BCUT2D eigenvalue weighted by Gasteiger charge is 2.17. The molecule has 2 nitrogen and oxygen atoms in total. The minimum absolute atomic E-state index is 0.219. The van der Waals surface area contributed by atoms with Crippen LogP contribution in [-0.2, 0) is 9.53 Å². The Morgan fingerprint density at radius 3 is 2.21 bits per heavy atom. The Morgan fingerprint density at radius 2 is 1.63 bits per heavy atom. The van der Waals surface area contributed by atoms with Crippen molar-refractivity contribution in [2.45, 2.75) is 19.4 Å². The lowest BCUT2D eigenvalue weighted by molar-refractivity contribution is -0.147. The minimum atomic E-state index is -0.383. The van der Waals surface area contributed by atoms with Crippen LogP contribution < -0.4 is 0 Å². The molecular formula is C16H15ClO2. The van der Waals surface area contributed by atoms with Crippen molar-refractivity contribution in [1.29, 1.82) is 0 Å². The number of carbonyl (C=O) groups is 1. The molecule has 19 heavy (non-hydrogen) atoms. The van der Waals surface area contributed by atoms with E-state index in [1.54, 1.807) is 19.1 Å². The highest BCUT2D eigenvalue weighted by Crippen LogP contribution is 2.27. The van der Waals surface area contributed by atoms with Gasteiger partial charge in [-0.15, -0.1) is 0 Å². The Balaban J connectivity index is 2.34. The van der Waals surface area contributed by atoms with Crippen LogP contribution in [0.3, 0.4) is 0 Å². The number of esters is 1. The van der Waals surface area contributed by atoms with Crippen LogP contribution in [0.4, 0.5) is 0 Å². The monoisotopic (exact) mass is 274 g/mol. The first-order chi connectivity index (χ1) is 9.20. The van der Waals surface area contributed by atoms with Crippen molar-refractivity contribution in [2.75, 3.05) is 0 Å². The Bertz CT molecular complexity index is 534. The summed E-state index contributed by atoms with van der Waals surface area (Å²) in [6.45, 7) is 1.78. The zero-order chi connectivity index (χ0) is 13.7. The third kappa shape index (κ3) is 3.58. The molecule has 0 fully saturated rings. The van der Waals surface area contributed by atoms with E-state index in [1.807, 2.05) is 42.5 Å². The van der Waals surface area contributed by atoms with Crippen LogP contribution in [0.15, 0.2) is 54.6 Å². The van der Waals surface area contributed by atoms with Gasteiger partial charge in [-0.2, -0.15) is 0 Å². The largest absolute Gasteiger partial charge is 0.453 e. The molecule has 0 bridgehead atoms. The Labute approximate surface area is 118 Å². The number of benzene rings is 2. The zero-order valence-corrected chi connectivity index (χ0v) is 11.4. The van der Waals surface area contributed by atoms with Crippen LogP contribution in [0.5, 0.6) is 0 Å². The van der Waals surface area contributed by atoms with Gasteiger partial charge in [-0.05, 0) is 23.3 Å². The maximum atomic E-state index is 11.6. The Kier molecular flexibility index (Phi) is 4.58. The summed E-state index contributed by atoms with van der Waals surface area (Å²) in [5.41, 5.74) is 1.86. The highest BCUT2D eigenvalue weighted by molar-refractivity contribution is 6.30. The summed E-state index contributed by atoms with van der Waals surface area (Å²) in [5.74, 6) is -0.219. The van der Waals surface area contributed by atoms with Gasteiger partial charge in [-0.25, -0.2) is 0 Å². The van der Waals surface area contributed by atoms with Crippen LogP contribution in [-0.4, -0.2) is 5.97 Å². The molecule has 0 heterocycles. The zero-order valence-electron chi connectivity index (χ0n) is 10.7. The Hall–Kier alpha value is -1.80. The molecule has 0 aliphatic heterocycles. The number of hydrogen-bond acceptors (Lipinski definition) is 2. The van der Waals surface area contributed by atoms with Crippen LogP contribution in [0.2, 0.25) is 5.02 Å². The van der Waals surface area contributed by atoms with Crippen molar-refractivity contribution in [3.05, 3.63) is 70.7 Å². The van der Waals surface area contributed by atoms with Crippen molar-refractivity contribution in [3.8, 4) is 0 Å². The van der Waals surface area contributed by atoms with Crippen molar-refractivity contribution in [3.63, 3.8) is 0 Å². The maximum absolute atomic E-state index is 11.6. The third-order valence-corrected chi connectivity index (χ3v) is 3.07. The number of hydrogen-bond donors (Lipinski definition) is 0. The normalized spacial score (nSPS) is 11.9. The molecule has 0 radical (unpaired) electrons. The smallest absolute Gasteiger partial charge is 0.306 e. The van der Waals surface area contributed by atoms with Gasteiger partial charge in [0.05, 0.1) is 0 Å². The fourth-order valence-corrected chi connectivity index (χ4v) is 1.93. The number of halogens is 1. The third-order valence-electron chi connectivity index (χ3n) is 2.81. The van der Waals surface area contributed by atoms with Gasteiger partial charge >= 0.3 is 5.97 Å². The van der Waals surface area contributed by atoms with E-state index in [-0.39, 0.29) is 12.1 Å². The molecule has 0 aliphatic rings. The minimum Gasteiger partial charge on any atom is -0.453 e. The fraction of sp³-hybridized carbons (Fsp3) is 0.188. The molecule has 0 saturated carbocycles. The van der Waals surface area contributed by atoms with E-state index in [9.17, 15) is 4.79 Å². The van der Waals surface area contributed by atoms with Gasteiger partial charge in [-0.3, -0.25) is 4.79 Å². The van der Waals surface area contributed by atoms with E-state index < -0.39 is 0 Å². The highest BCUT2D eigenvalue weighted by atomic mass is 35.5. The molecule has 0 spiro atoms. The maximum Gasteiger partial charge on any atom is 0.306 e. The first-order valence-corrected chi connectivity index (χ1v) is 6.58. The van der Waals surface area contributed by atoms with Crippen LogP contribution in [0, 0.1) is 0 Å². The van der Waals surface area contributed by atoms with E-state index in [1.165, 1.54) is 0 Å². The summed E-state index contributed by atoms with van der Waals surface area (Å²) in [6, 6.07) is 17.0. The molecule has 1 unspecified atom stereocenters. The van der Waals surface area contributed by atoms with Crippen molar-refractivity contribution in [1.82, 2.24) is 0 Å². The summed E-state index contributed by atoms with van der Waals surface area (Å²) < 4.78 is 5.53. The van der Waals surface area contributed by atoms with Gasteiger partial charge in [0.2, 0.25) is 0 Å². The number of rotatable bonds is 4. The molecular weight excluding hydrogens is 260 g/mol. The average Bonchev–Trinajstić information content (AvgIpc) is 2.46. The van der Waals surface area contributed by atoms with Gasteiger partial charge in [0, 0.05) is 11.4 Å². The van der Waals surface area contributed by atoms with E-state index in [2.05, 4.69) is 0 Å². The summed E-state index contributed by atoms with van der Waals surface area (Å²) in [7, 11) is 0. The molecule has 3 heteroatoms. The number of ether oxygens (including phenoxy) is 1. The Morgan fingerprint density at radius 1 is 1.05 bits per heavy atom. The first-order valence-electron chi connectivity index (χ1n) is 6.20. The first kappa shape index (κ1) is 13.6. The van der Waals surface area contributed by atoms with E-state index >= 15 is 0 Å². The lowest BCUT2D eigenvalue weighted by Crippen LogP contribution is -2.11. The molecule has 2 aromatic carbocycles. The second kappa shape index (κ2) is 6.39. The molecule has 0 aromatic heterocycles. The average molecular weight is 275 g/mol. The van der Waals surface area contributed by atoms with Gasteiger partial charge < -0.3 is 4.74 Å². The van der Waals surface area contributed by atoms with Crippen LogP contribution in [0.1, 0.15) is 30.6 Å². The molecule has 0 saturated heterocycles. The lowest BCUT2D eigenvalue weighted by Gasteiger charge is -2.18. The van der Waals surface area contributed by atoms with Crippen LogP contribution >= 0.6 is 11.6 Å². The molecule has 0 N–H and O–H groups in total. The molecule has 2 aromatic rings. The second-order valence-electron chi connectivity index (χ2n) is 4.19. The fourth-order valence-electron chi connectivity index (χ4n) is 1.81. The summed E-state index contributed by atoms with van der Waals surface area (Å²) >= 11 is 5.89. The summed E-state index contributed by atoms with van der Waals surface area (Å²) in [4.78, 5) is 11.6. The van der Waals surface area contributed by atoms with E-state index in [0.717, 1.165) is 11.1 Å². The van der Waals surface area contributed by atoms with Gasteiger partial charge in [0.25, 0.3) is 0 Å². The SMILES string of the molecule is CCC(=O)OC(c1ccccc1)c1ccc(Cl)cc1. The van der Waals surface area contributed by atoms with E-state index in [4.69, 9.17) is 16.3 Å². The topological polar surface area (TPSA) is 26.3 Å². The lowest BCUT2D eigenvalue weighted by atomic mass is 10.0. The quantitative estimate of drug-likeness (QED) is 0.773. The van der Waals surface area contributed by atoms with Gasteiger partial charge in [-0.1, -0.05) is 61.0 Å². The molecule has 0 amide bonds. The molecule has 2 rings (SSSR count). The summed E-state index contributed by atoms with van der Waals surface area (Å²) in [5, 5.41) is 0.664. The molecule has 0 aliphatic carbocycles.